The molecule has 2 aromatic rings. The average Bonchev–Trinajstić information content (AvgIpc) is 2.91. The number of Topliss-reactive ketones (excluding diaryl/α,β-unsaturated/α-hetero) is 1. The first-order valence-electron chi connectivity index (χ1n) is 10.6. The molecule has 4 rings (SSSR count). The topological polar surface area (TPSA) is 62.0 Å². The van der Waals surface area contributed by atoms with Crippen LogP contribution in [0.1, 0.15) is 53.6 Å². The van der Waals surface area contributed by atoms with Crippen molar-refractivity contribution in [3.63, 3.8) is 0 Å². The molecule has 0 saturated carbocycles. The Bertz CT molecular complexity index is 901. The number of rotatable bonds is 5. The lowest BCUT2D eigenvalue weighted by Gasteiger charge is -2.26. The van der Waals surface area contributed by atoms with Crippen molar-refractivity contribution in [2.45, 2.75) is 44.6 Å². The van der Waals surface area contributed by atoms with Crippen molar-refractivity contribution < 1.29 is 19.6 Å². The Morgan fingerprint density at radius 3 is 2.38 bits per heavy atom. The number of carbonyl (C=O) groups is 2. The molecule has 1 saturated heterocycles. The number of quaternary nitrogens is 1. The van der Waals surface area contributed by atoms with Gasteiger partial charge in [0.25, 0.3) is 5.91 Å². The van der Waals surface area contributed by atoms with Gasteiger partial charge >= 0.3 is 0 Å². The summed E-state index contributed by atoms with van der Waals surface area (Å²) >= 11 is 0. The van der Waals surface area contributed by atoms with Gasteiger partial charge in [-0.15, -0.1) is 0 Å². The molecule has 2 N–H and O–H groups in total. The fourth-order valence-corrected chi connectivity index (χ4v) is 4.52. The van der Waals surface area contributed by atoms with Gasteiger partial charge in [0.15, 0.2) is 18.1 Å². The molecule has 0 radical (unpaired) electrons. The van der Waals surface area contributed by atoms with Crippen LogP contribution in [0.3, 0.4) is 0 Å². The van der Waals surface area contributed by atoms with Gasteiger partial charge in [0.05, 0.1) is 25.2 Å². The number of hydrogen-bond donors (Lipinski definition) is 2. The molecule has 0 aromatic heterocycles. The van der Waals surface area contributed by atoms with Crippen LogP contribution in [-0.4, -0.2) is 36.6 Å². The van der Waals surface area contributed by atoms with Gasteiger partial charge in [-0.05, 0) is 38.7 Å². The van der Waals surface area contributed by atoms with E-state index in [-0.39, 0.29) is 18.1 Å². The maximum absolute atomic E-state index is 13.4. The molecular weight excluding hydrogens is 364 g/mol. The van der Waals surface area contributed by atoms with E-state index in [0.717, 1.165) is 37.2 Å². The number of carbonyl (C=O) groups excluding carboxylic acids is 2. The van der Waals surface area contributed by atoms with E-state index in [0.29, 0.717) is 17.8 Å². The summed E-state index contributed by atoms with van der Waals surface area (Å²) in [6.45, 7) is 4.57. The summed E-state index contributed by atoms with van der Waals surface area (Å²) in [6.07, 6.45) is 4.56. The summed E-state index contributed by atoms with van der Waals surface area (Å²) in [5.41, 5.74) is 1.05. The first-order chi connectivity index (χ1) is 14.0. The molecule has 0 bridgehead atoms. The molecule has 1 amide bonds. The van der Waals surface area contributed by atoms with E-state index in [9.17, 15) is 14.7 Å². The van der Waals surface area contributed by atoms with Crippen LogP contribution in [0.4, 0.5) is 5.69 Å². The Labute approximate surface area is 171 Å². The zero-order valence-electron chi connectivity index (χ0n) is 17.0. The number of likely N-dealkylation sites (tertiary alicyclic amines) is 1. The molecule has 2 aromatic carbocycles. The largest absolute Gasteiger partial charge is 0.375 e. The van der Waals surface area contributed by atoms with Crippen LogP contribution >= 0.6 is 0 Å². The fraction of sp³-hybridized carbons (Fsp3) is 0.417. The van der Waals surface area contributed by atoms with E-state index in [1.807, 2.05) is 37.3 Å². The first kappa shape index (κ1) is 19.8. The van der Waals surface area contributed by atoms with Gasteiger partial charge in [0.2, 0.25) is 0 Å². The van der Waals surface area contributed by atoms with Gasteiger partial charge in [0, 0.05) is 11.1 Å². The highest BCUT2D eigenvalue weighted by Crippen LogP contribution is 2.42. The number of ketones is 1. The summed E-state index contributed by atoms with van der Waals surface area (Å²) < 4.78 is 0. The average molecular weight is 394 g/mol. The van der Waals surface area contributed by atoms with Crippen LogP contribution in [-0.2, 0) is 10.4 Å². The molecule has 1 atom stereocenters. The summed E-state index contributed by atoms with van der Waals surface area (Å²) in [6, 6.07) is 14.6. The SMILES string of the molecule is Cc1ccc(C(=O)C[C@@]2(O)C(=O)N(C[NH+]3CCCCCC3)c3ccccc32)cc1. The number of aryl methyl sites for hydroxylation is 1. The van der Waals surface area contributed by atoms with E-state index in [1.54, 1.807) is 23.1 Å². The molecular formula is C24H29N2O3+. The summed E-state index contributed by atoms with van der Waals surface area (Å²) in [5, 5.41) is 11.4. The lowest BCUT2D eigenvalue weighted by Crippen LogP contribution is -3.13. The fourth-order valence-electron chi connectivity index (χ4n) is 4.52. The molecule has 5 heteroatoms. The van der Waals surface area contributed by atoms with Gasteiger partial charge in [-0.1, -0.05) is 48.0 Å². The second kappa shape index (κ2) is 8.09. The smallest absolute Gasteiger partial charge is 0.268 e. The lowest BCUT2D eigenvalue weighted by molar-refractivity contribution is -0.898. The number of amides is 1. The Kier molecular flexibility index (Phi) is 5.52. The normalized spacial score (nSPS) is 22.4. The maximum Gasteiger partial charge on any atom is 0.268 e. The van der Waals surface area contributed by atoms with Crippen molar-refractivity contribution in [3.05, 3.63) is 65.2 Å². The van der Waals surface area contributed by atoms with Crippen molar-refractivity contribution in [1.82, 2.24) is 0 Å². The van der Waals surface area contributed by atoms with Crippen LogP contribution in [0, 0.1) is 6.92 Å². The third kappa shape index (κ3) is 3.85. The zero-order chi connectivity index (χ0) is 20.4. The molecule has 1 fully saturated rings. The van der Waals surface area contributed by atoms with E-state index >= 15 is 0 Å². The molecule has 152 valence electrons. The summed E-state index contributed by atoms with van der Waals surface area (Å²) in [7, 11) is 0. The van der Waals surface area contributed by atoms with Crippen LogP contribution in [0.2, 0.25) is 0 Å². The standard InChI is InChI=1S/C24H28N2O3/c1-18-10-12-19(13-11-18)22(27)16-24(29)20-8-4-5-9-21(20)26(23(24)28)17-25-14-6-2-3-7-15-25/h4-5,8-13,29H,2-3,6-7,14-17H2,1H3/p+1/t24-/m0/s1. The van der Waals surface area contributed by atoms with Gasteiger partial charge < -0.3 is 10.0 Å². The van der Waals surface area contributed by atoms with Crippen LogP contribution in [0.15, 0.2) is 48.5 Å². The Morgan fingerprint density at radius 1 is 1.03 bits per heavy atom. The van der Waals surface area contributed by atoms with Gasteiger partial charge in [-0.3, -0.25) is 14.5 Å². The predicted octanol–water partition coefficient (Wildman–Crippen LogP) is 2.22. The highest BCUT2D eigenvalue weighted by atomic mass is 16.3. The molecule has 0 aliphatic carbocycles. The Morgan fingerprint density at radius 2 is 1.69 bits per heavy atom. The van der Waals surface area contributed by atoms with Crippen molar-refractivity contribution in [1.29, 1.82) is 0 Å². The number of hydrogen-bond acceptors (Lipinski definition) is 3. The van der Waals surface area contributed by atoms with Gasteiger partial charge in [-0.25, -0.2) is 0 Å². The number of aliphatic hydroxyl groups is 1. The minimum atomic E-state index is -1.80. The quantitative estimate of drug-likeness (QED) is 0.766. The summed E-state index contributed by atoms with van der Waals surface area (Å²) in [4.78, 5) is 29.3. The minimum Gasteiger partial charge on any atom is -0.375 e. The third-order valence-corrected chi connectivity index (χ3v) is 6.22. The first-order valence-corrected chi connectivity index (χ1v) is 10.6. The second-order valence-corrected chi connectivity index (χ2v) is 8.40. The number of nitrogens with zero attached hydrogens (tertiary/aromatic N) is 1. The number of anilines is 1. The molecule has 2 aliphatic heterocycles. The molecule has 5 nitrogen and oxygen atoms in total. The molecule has 2 heterocycles. The monoisotopic (exact) mass is 393 g/mol. The number of fused-ring (bicyclic) bond motifs is 1. The number of benzene rings is 2. The van der Waals surface area contributed by atoms with Crippen LogP contribution in [0.5, 0.6) is 0 Å². The molecule has 0 spiro atoms. The second-order valence-electron chi connectivity index (χ2n) is 8.40. The number of para-hydroxylation sites is 1. The Hall–Kier alpha value is -2.50. The maximum atomic E-state index is 13.4. The van der Waals surface area contributed by atoms with Crippen molar-refractivity contribution in [3.8, 4) is 0 Å². The van der Waals surface area contributed by atoms with Crippen LogP contribution in [0.25, 0.3) is 0 Å². The highest BCUT2D eigenvalue weighted by Gasteiger charge is 2.51. The summed E-state index contributed by atoms with van der Waals surface area (Å²) in [5.74, 6) is -0.601. The van der Waals surface area contributed by atoms with E-state index in [2.05, 4.69) is 0 Å². The highest BCUT2D eigenvalue weighted by molar-refractivity contribution is 6.10. The van der Waals surface area contributed by atoms with Gasteiger partial charge in [-0.2, -0.15) is 0 Å². The van der Waals surface area contributed by atoms with E-state index in [4.69, 9.17) is 0 Å². The number of nitrogens with one attached hydrogen (secondary N) is 1. The van der Waals surface area contributed by atoms with E-state index in [1.165, 1.54) is 17.7 Å². The molecule has 2 aliphatic rings. The predicted molar refractivity (Wildman–Crippen MR) is 112 cm³/mol. The zero-order valence-corrected chi connectivity index (χ0v) is 17.0. The van der Waals surface area contributed by atoms with Gasteiger partial charge in [0.1, 0.15) is 0 Å². The lowest BCUT2D eigenvalue weighted by atomic mass is 9.88. The molecule has 29 heavy (non-hydrogen) atoms. The minimum absolute atomic E-state index is 0.223. The van der Waals surface area contributed by atoms with E-state index < -0.39 is 5.60 Å². The Balaban J connectivity index is 1.60. The van der Waals surface area contributed by atoms with Crippen molar-refractivity contribution in [2.75, 3.05) is 24.7 Å². The van der Waals surface area contributed by atoms with Crippen molar-refractivity contribution >= 4 is 17.4 Å². The third-order valence-electron chi connectivity index (χ3n) is 6.22. The molecule has 0 unspecified atom stereocenters. The van der Waals surface area contributed by atoms with Crippen molar-refractivity contribution in [2.24, 2.45) is 0 Å². The van der Waals surface area contributed by atoms with Crippen LogP contribution < -0.4 is 9.80 Å².